The Bertz CT molecular complexity index is 607. The number of esters is 1. The molecule has 0 unspecified atom stereocenters. The first-order chi connectivity index (χ1) is 10.7. The fraction of sp³-hybridized carbons (Fsp3) is 0.438. The number of carbonyl (C=O) groups excluding carboxylic acids is 3. The van der Waals surface area contributed by atoms with Crippen LogP contribution in [-0.4, -0.2) is 41.8 Å². The number of ether oxygens (including phenoxy) is 3. The van der Waals surface area contributed by atoms with Crippen LogP contribution in [0.1, 0.15) is 32.4 Å². The van der Waals surface area contributed by atoms with E-state index in [9.17, 15) is 14.4 Å². The molecule has 1 aromatic carbocycles. The quantitative estimate of drug-likeness (QED) is 0.615. The van der Waals surface area contributed by atoms with Crippen molar-refractivity contribution in [3.05, 3.63) is 35.9 Å². The Kier molecular flexibility index (Phi) is 4.58. The number of methoxy groups -OCH3 is 1. The largest absolute Gasteiger partial charge is 0.467 e. The molecule has 1 aromatic rings. The number of hydrogen-bond donors (Lipinski definition) is 0. The number of imide groups is 1. The molecular formula is C16H19NO6. The van der Waals surface area contributed by atoms with Gasteiger partial charge in [0.1, 0.15) is 5.60 Å². The van der Waals surface area contributed by atoms with E-state index >= 15 is 0 Å². The first-order valence-corrected chi connectivity index (χ1v) is 7.10. The lowest BCUT2D eigenvalue weighted by Crippen LogP contribution is -2.47. The second kappa shape index (κ2) is 6.28. The molecule has 2 atom stereocenters. The summed E-state index contributed by atoms with van der Waals surface area (Å²) in [4.78, 5) is 37.2. The van der Waals surface area contributed by atoms with Crippen LogP contribution in [-0.2, 0) is 19.0 Å². The molecule has 0 aliphatic carbocycles. The molecule has 1 fully saturated rings. The van der Waals surface area contributed by atoms with Crippen molar-refractivity contribution in [2.45, 2.75) is 38.5 Å². The molecule has 0 saturated carbocycles. The van der Waals surface area contributed by atoms with E-state index in [-0.39, 0.29) is 0 Å². The van der Waals surface area contributed by atoms with Gasteiger partial charge in [0.05, 0.1) is 7.11 Å². The Hall–Kier alpha value is -2.57. The lowest BCUT2D eigenvalue weighted by molar-refractivity contribution is -0.146. The van der Waals surface area contributed by atoms with Gasteiger partial charge < -0.3 is 14.2 Å². The van der Waals surface area contributed by atoms with Crippen molar-refractivity contribution >= 4 is 18.2 Å². The van der Waals surface area contributed by atoms with Gasteiger partial charge in [-0.05, 0) is 26.3 Å². The van der Waals surface area contributed by atoms with E-state index in [0.717, 1.165) is 0 Å². The van der Waals surface area contributed by atoms with Crippen molar-refractivity contribution < 1.29 is 28.6 Å². The van der Waals surface area contributed by atoms with Crippen LogP contribution in [0.5, 0.6) is 0 Å². The minimum absolute atomic E-state index is 0.585. The van der Waals surface area contributed by atoms with Gasteiger partial charge >= 0.3 is 18.2 Å². The molecule has 1 aliphatic heterocycles. The summed E-state index contributed by atoms with van der Waals surface area (Å²) in [5.74, 6) is -0.754. The minimum Gasteiger partial charge on any atom is -0.467 e. The molecule has 124 valence electrons. The highest BCUT2D eigenvalue weighted by molar-refractivity contribution is 5.96. The summed E-state index contributed by atoms with van der Waals surface area (Å²) in [5.41, 5.74) is -0.231. The molecule has 23 heavy (non-hydrogen) atoms. The first kappa shape index (κ1) is 16.8. The van der Waals surface area contributed by atoms with Crippen LogP contribution in [0.2, 0.25) is 0 Å². The van der Waals surface area contributed by atoms with Gasteiger partial charge in [0.2, 0.25) is 0 Å². The van der Waals surface area contributed by atoms with Crippen molar-refractivity contribution in [3.8, 4) is 0 Å². The first-order valence-electron chi connectivity index (χ1n) is 7.10. The van der Waals surface area contributed by atoms with Gasteiger partial charge in [-0.1, -0.05) is 30.3 Å². The Morgan fingerprint density at radius 2 is 1.78 bits per heavy atom. The molecule has 0 bridgehead atoms. The van der Waals surface area contributed by atoms with Crippen LogP contribution in [0.4, 0.5) is 9.59 Å². The van der Waals surface area contributed by atoms with Gasteiger partial charge in [-0.2, -0.15) is 4.90 Å². The molecule has 0 spiro atoms. The average Bonchev–Trinajstić information content (AvgIpc) is 2.83. The zero-order valence-corrected chi connectivity index (χ0v) is 13.4. The second-order valence-corrected chi connectivity index (χ2v) is 6.03. The van der Waals surface area contributed by atoms with Crippen molar-refractivity contribution in [2.75, 3.05) is 7.11 Å². The number of benzene rings is 1. The molecule has 0 N–H and O–H groups in total. The Morgan fingerprint density at radius 3 is 2.30 bits per heavy atom. The van der Waals surface area contributed by atoms with Crippen LogP contribution < -0.4 is 0 Å². The third-order valence-electron chi connectivity index (χ3n) is 3.15. The number of hydrogen-bond acceptors (Lipinski definition) is 6. The maximum Gasteiger partial charge on any atom is 0.420 e. The standard InChI is InChI=1S/C16H19NO6/c1-16(2,3)23-15(20)17-11(13(18)21-4)12(22-14(17)19)10-8-6-5-7-9-10/h5-9,11-12H,1-4H3/t11-,12+/m0/s1. The zero-order valence-electron chi connectivity index (χ0n) is 13.4. The molecule has 1 saturated heterocycles. The smallest absolute Gasteiger partial charge is 0.420 e. The van der Waals surface area contributed by atoms with Crippen molar-refractivity contribution in [1.29, 1.82) is 0 Å². The monoisotopic (exact) mass is 321 g/mol. The lowest BCUT2D eigenvalue weighted by Gasteiger charge is -2.25. The van der Waals surface area contributed by atoms with Gasteiger partial charge in [0.25, 0.3) is 0 Å². The number of rotatable bonds is 2. The molecule has 1 aliphatic rings. The summed E-state index contributed by atoms with van der Waals surface area (Å²) in [6.45, 7) is 4.98. The highest BCUT2D eigenvalue weighted by atomic mass is 16.6. The van der Waals surface area contributed by atoms with Crippen molar-refractivity contribution in [2.24, 2.45) is 0 Å². The van der Waals surface area contributed by atoms with Gasteiger partial charge in [0, 0.05) is 0 Å². The van der Waals surface area contributed by atoms with Gasteiger partial charge in [-0.3, -0.25) is 0 Å². The van der Waals surface area contributed by atoms with E-state index in [1.165, 1.54) is 7.11 Å². The Balaban J connectivity index is 2.36. The zero-order chi connectivity index (χ0) is 17.2. The highest BCUT2D eigenvalue weighted by Crippen LogP contribution is 2.34. The number of carbonyl (C=O) groups is 3. The predicted molar refractivity (Wildman–Crippen MR) is 79.5 cm³/mol. The van der Waals surface area contributed by atoms with Crippen molar-refractivity contribution in [1.82, 2.24) is 4.90 Å². The third-order valence-corrected chi connectivity index (χ3v) is 3.15. The van der Waals surface area contributed by atoms with Crippen molar-refractivity contribution in [3.63, 3.8) is 0 Å². The number of cyclic esters (lactones) is 1. The average molecular weight is 321 g/mol. The molecule has 1 heterocycles. The van der Waals surface area contributed by atoms with Crippen LogP contribution in [0.15, 0.2) is 30.3 Å². The van der Waals surface area contributed by atoms with E-state index < -0.39 is 35.9 Å². The number of amides is 2. The van der Waals surface area contributed by atoms with Crippen LogP contribution in [0, 0.1) is 0 Å². The van der Waals surface area contributed by atoms with E-state index in [1.54, 1.807) is 51.1 Å². The Labute approximate surface area is 134 Å². The van der Waals surface area contributed by atoms with E-state index in [4.69, 9.17) is 14.2 Å². The topological polar surface area (TPSA) is 82.1 Å². The minimum atomic E-state index is -1.23. The summed E-state index contributed by atoms with van der Waals surface area (Å²) in [7, 11) is 1.18. The maximum absolute atomic E-state index is 12.3. The summed E-state index contributed by atoms with van der Waals surface area (Å²) in [5, 5.41) is 0. The summed E-state index contributed by atoms with van der Waals surface area (Å²) >= 11 is 0. The molecular weight excluding hydrogens is 302 g/mol. The fourth-order valence-electron chi connectivity index (χ4n) is 2.22. The van der Waals surface area contributed by atoms with Crippen LogP contribution in [0.3, 0.4) is 0 Å². The molecule has 0 radical (unpaired) electrons. The number of nitrogens with zero attached hydrogens (tertiary/aromatic N) is 1. The third kappa shape index (κ3) is 3.61. The predicted octanol–water partition coefficient (Wildman–Crippen LogP) is 2.66. The molecule has 7 nitrogen and oxygen atoms in total. The van der Waals surface area contributed by atoms with Crippen LogP contribution >= 0.6 is 0 Å². The molecule has 0 aromatic heterocycles. The molecule has 2 amide bonds. The van der Waals surface area contributed by atoms with E-state index in [0.29, 0.717) is 10.5 Å². The van der Waals surface area contributed by atoms with Gasteiger partial charge in [-0.15, -0.1) is 0 Å². The summed E-state index contributed by atoms with van der Waals surface area (Å²) in [6.07, 6.45) is -2.83. The Morgan fingerprint density at radius 1 is 1.17 bits per heavy atom. The lowest BCUT2D eigenvalue weighted by atomic mass is 10.0. The summed E-state index contributed by atoms with van der Waals surface area (Å²) < 4.78 is 15.1. The second-order valence-electron chi connectivity index (χ2n) is 6.03. The summed E-state index contributed by atoms with van der Waals surface area (Å²) in [6, 6.07) is 7.45. The van der Waals surface area contributed by atoms with Crippen LogP contribution in [0.25, 0.3) is 0 Å². The fourth-order valence-corrected chi connectivity index (χ4v) is 2.22. The van der Waals surface area contributed by atoms with Gasteiger partial charge in [-0.25, -0.2) is 14.4 Å². The molecule has 2 rings (SSSR count). The highest BCUT2D eigenvalue weighted by Gasteiger charge is 2.52. The maximum atomic E-state index is 12.3. The van der Waals surface area contributed by atoms with E-state index in [2.05, 4.69) is 0 Å². The van der Waals surface area contributed by atoms with E-state index in [1.807, 2.05) is 0 Å². The SMILES string of the molecule is COC(=O)[C@@H]1[C@@H](c2ccccc2)OC(=O)N1C(=O)OC(C)(C)C. The van der Waals surface area contributed by atoms with Gasteiger partial charge in [0.15, 0.2) is 12.1 Å². The normalized spacial score (nSPS) is 20.9. The molecule has 7 heteroatoms.